The smallest absolute Gasteiger partial charge is 0.262 e. The normalized spacial score (nSPS) is 13.7. The third-order valence-corrected chi connectivity index (χ3v) is 5.13. The van der Waals surface area contributed by atoms with Gasteiger partial charge in [-0.3, -0.25) is 4.79 Å². The summed E-state index contributed by atoms with van der Waals surface area (Å²) < 4.78 is 5.57. The van der Waals surface area contributed by atoms with Crippen LogP contribution in [0.1, 0.15) is 24.8 Å². The predicted molar refractivity (Wildman–Crippen MR) is 119 cm³/mol. The van der Waals surface area contributed by atoms with Crippen molar-refractivity contribution >= 4 is 17.4 Å². The number of hydrogen-bond acceptors (Lipinski definition) is 5. The van der Waals surface area contributed by atoms with Crippen LogP contribution in [-0.4, -0.2) is 35.8 Å². The molecule has 6 nitrogen and oxygen atoms in total. The summed E-state index contributed by atoms with van der Waals surface area (Å²) in [4.78, 5) is 14.6. The summed E-state index contributed by atoms with van der Waals surface area (Å²) in [5, 5.41) is 11.7. The summed E-state index contributed by atoms with van der Waals surface area (Å²) in [5.74, 6) is 1.40. The Kier molecular flexibility index (Phi) is 6.23. The lowest BCUT2D eigenvalue weighted by Gasteiger charge is -2.27. The maximum Gasteiger partial charge on any atom is 0.262 e. The molecular formula is C24H26N4O2. The van der Waals surface area contributed by atoms with Gasteiger partial charge in [0.1, 0.15) is 5.75 Å². The number of piperidine rings is 1. The minimum Gasteiger partial charge on any atom is -0.484 e. The summed E-state index contributed by atoms with van der Waals surface area (Å²) >= 11 is 0. The van der Waals surface area contributed by atoms with Gasteiger partial charge in [-0.2, -0.15) is 0 Å². The molecule has 1 saturated heterocycles. The van der Waals surface area contributed by atoms with Crippen molar-refractivity contribution in [1.29, 1.82) is 0 Å². The predicted octanol–water partition coefficient (Wildman–Crippen LogP) is 4.46. The molecule has 2 aromatic carbocycles. The number of nitrogens with zero attached hydrogens (tertiary/aromatic N) is 3. The molecule has 154 valence electrons. The van der Waals surface area contributed by atoms with Crippen molar-refractivity contribution in [2.24, 2.45) is 0 Å². The van der Waals surface area contributed by atoms with Crippen LogP contribution in [0, 0.1) is 6.92 Å². The lowest BCUT2D eigenvalue weighted by molar-refractivity contribution is -0.118. The largest absolute Gasteiger partial charge is 0.484 e. The van der Waals surface area contributed by atoms with Crippen molar-refractivity contribution in [3.05, 3.63) is 66.2 Å². The summed E-state index contributed by atoms with van der Waals surface area (Å²) in [7, 11) is 0. The van der Waals surface area contributed by atoms with Gasteiger partial charge in [0.05, 0.1) is 5.69 Å². The first-order chi connectivity index (χ1) is 14.7. The third-order valence-electron chi connectivity index (χ3n) is 5.13. The van der Waals surface area contributed by atoms with Gasteiger partial charge in [-0.25, -0.2) is 0 Å². The number of carbonyl (C=O) groups excluding carboxylic acids is 1. The first kappa shape index (κ1) is 19.9. The van der Waals surface area contributed by atoms with Gasteiger partial charge in [0.25, 0.3) is 5.91 Å². The molecule has 3 aromatic rings. The molecule has 1 aromatic heterocycles. The van der Waals surface area contributed by atoms with Crippen molar-refractivity contribution in [2.75, 3.05) is 29.9 Å². The average molecular weight is 402 g/mol. The number of benzene rings is 2. The van der Waals surface area contributed by atoms with Crippen LogP contribution in [-0.2, 0) is 4.79 Å². The number of anilines is 2. The van der Waals surface area contributed by atoms with Crippen LogP contribution in [0.4, 0.5) is 11.5 Å². The summed E-state index contributed by atoms with van der Waals surface area (Å²) in [6.45, 7) is 4.03. The van der Waals surface area contributed by atoms with E-state index in [2.05, 4.69) is 20.4 Å². The number of rotatable bonds is 6. The highest BCUT2D eigenvalue weighted by Crippen LogP contribution is 2.23. The Balaban J connectivity index is 1.37. The molecule has 4 rings (SSSR count). The second-order valence-electron chi connectivity index (χ2n) is 7.56. The van der Waals surface area contributed by atoms with E-state index in [1.807, 2.05) is 67.6 Å². The fourth-order valence-corrected chi connectivity index (χ4v) is 3.58. The molecule has 1 aliphatic rings. The van der Waals surface area contributed by atoms with E-state index in [4.69, 9.17) is 4.74 Å². The van der Waals surface area contributed by atoms with Gasteiger partial charge in [0, 0.05) is 24.3 Å². The van der Waals surface area contributed by atoms with Gasteiger partial charge in [0.2, 0.25) is 0 Å². The zero-order valence-electron chi connectivity index (χ0n) is 17.2. The van der Waals surface area contributed by atoms with E-state index < -0.39 is 0 Å². The van der Waals surface area contributed by atoms with Gasteiger partial charge in [-0.1, -0.05) is 24.3 Å². The molecule has 1 aliphatic heterocycles. The summed E-state index contributed by atoms with van der Waals surface area (Å²) in [6.07, 6.45) is 3.70. The Morgan fingerprint density at radius 2 is 1.83 bits per heavy atom. The van der Waals surface area contributed by atoms with Gasteiger partial charge < -0.3 is 15.0 Å². The maximum atomic E-state index is 12.3. The molecule has 1 amide bonds. The van der Waals surface area contributed by atoms with Crippen molar-refractivity contribution in [2.45, 2.75) is 26.2 Å². The van der Waals surface area contributed by atoms with Crippen molar-refractivity contribution in [3.8, 4) is 17.0 Å². The summed E-state index contributed by atoms with van der Waals surface area (Å²) in [6, 6.07) is 19.2. The topological polar surface area (TPSA) is 67.3 Å². The molecule has 0 radical (unpaired) electrons. The molecule has 0 bridgehead atoms. The molecule has 2 heterocycles. The number of carbonyl (C=O) groups is 1. The SMILES string of the molecule is Cc1cccc(OCC(=O)Nc2cccc(-c3ccc(N4CCCCC4)nn3)c2)c1. The highest BCUT2D eigenvalue weighted by molar-refractivity contribution is 5.92. The lowest BCUT2D eigenvalue weighted by atomic mass is 10.1. The van der Waals surface area contributed by atoms with Crippen molar-refractivity contribution < 1.29 is 9.53 Å². The van der Waals surface area contributed by atoms with E-state index >= 15 is 0 Å². The van der Waals surface area contributed by atoms with Gasteiger partial charge in [0.15, 0.2) is 12.4 Å². The minimum atomic E-state index is -0.208. The average Bonchev–Trinajstić information content (AvgIpc) is 2.79. The number of amides is 1. The van der Waals surface area contributed by atoms with E-state index in [0.29, 0.717) is 11.4 Å². The van der Waals surface area contributed by atoms with Gasteiger partial charge in [-0.15, -0.1) is 10.2 Å². The van der Waals surface area contributed by atoms with Crippen LogP contribution in [0.15, 0.2) is 60.7 Å². The zero-order chi connectivity index (χ0) is 20.8. The molecule has 0 saturated carbocycles. The first-order valence-electron chi connectivity index (χ1n) is 10.4. The monoisotopic (exact) mass is 402 g/mol. The molecular weight excluding hydrogens is 376 g/mol. The van der Waals surface area contributed by atoms with Crippen LogP contribution in [0.5, 0.6) is 5.75 Å². The van der Waals surface area contributed by atoms with Crippen LogP contribution in [0.3, 0.4) is 0 Å². The van der Waals surface area contributed by atoms with Crippen molar-refractivity contribution in [1.82, 2.24) is 10.2 Å². The molecule has 1 fully saturated rings. The zero-order valence-corrected chi connectivity index (χ0v) is 17.2. The Morgan fingerprint density at radius 1 is 1.00 bits per heavy atom. The maximum absolute atomic E-state index is 12.3. The fraction of sp³-hybridized carbons (Fsp3) is 0.292. The van der Waals surface area contributed by atoms with Crippen LogP contribution < -0.4 is 15.0 Å². The first-order valence-corrected chi connectivity index (χ1v) is 10.4. The minimum absolute atomic E-state index is 0.0436. The molecule has 0 spiro atoms. The molecule has 0 aliphatic carbocycles. The Bertz CT molecular complexity index is 998. The van der Waals surface area contributed by atoms with E-state index in [0.717, 1.165) is 35.7 Å². The highest BCUT2D eigenvalue weighted by Gasteiger charge is 2.13. The lowest BCUT2D eigenvalue weighted by Crippen LogP contribution is -2.30. The van der Waals surface area contributed by atoms with Crippen molar-refractivity contribution in [3.63, 3.8) is 0 Å². The number of ether oxygens (including phenoxy) is 1. The molecule has 0 atom stereocenters. The Hall–Kier alpha value is -3.41. The number of aryl methyl sites for hydroxylation is 1. The second kappa shape index (κ2) is 9.39. The fourth-order valence-electron chi connectivity index (χ4n) is 3.58. The van der Waals surface area contributed by atoms with Gasteiger partial charge in [-0.05, 0) is 68.1 Å². The number of nitrogens with one attached hydrogen (secondary N) is 1. The van der Waals surface area contributed by atoms with E-state index in [-0.39, 0.29) is 12.5 Å². The molecule has 0 unspecified atom stereocenters. The second-order valence-corrected chi connectivity index (χ2v) is 7.56. The highest BCUT2D eigenvalue weighted by atomic mass is 16.5. The van der Waals surface area contributed by atoms with E-state index in [1.54, 1.807) is 0 Å². The quantitative estimate of drug-likeness (QED) is 0.659. The van der Waals surface area contributed by atoms with Crippen LogP contribution in [0.2, 0.25) is 0 Å². The van der Waals surface area contributed by atoms with Crippen LogP contribution in [0.25, 0.3) is 11.3 Å². The molecule has 6 heteroatoms. The van der Waals surface area contributed by atoms with Crippen LogP contribution >= 0.6 is 0 Å². The Morgan fingerprint density at radius 3 is 2.60 bits per heavy atom. The standard InChI is InChI=1S/C24H26N4O2/c1-18-7-5-10-21(15-18)30-17-24(29)25-20-9-6-8-19(16-20)22-11-12-23(27-26-22)28-13-3-2-4-14-28/h5-12,15-16H,2-4,13-14,17H2,1H3,(H,25,29). The van der Waals surface area contributed by atoms with E-state index in [1.165, 1.54) is 19.3 Å². The molecule has 30 heavy (non-hydrogen) atoms. The van der Waals surface area contributed by atoms with Gasteiger partial charge >= 0.3 is 0 Å². The molecule has 1 N–H and O–H groups in total. The third kappa shape index (κ3) is 5.14. The Labute approximate surface area is 176 Å². The summed E-state index contributed by atoms with van der Waals surface area (Å²) in [5.41, 5.74) is 3.48. The number of hydrogen-bond donors (Lipinski definition) is 1. The van der Waals surface area contributed by atoms with E-state index in [9.17, 15) is 4.79 Å². The number of aromatic nitrogens is 2.